The summed E-state index contributed by atoms with van der Waals surface area (Å²) in [6.07, 6.45) is 0. The number of nitrogen functional groups attached to an aromatic ring is 1. The molecule has 3 N–H and O–H groups in total. The van der Waals surface area contributed by atoms with Gasteiger partial charge in [0.2, 0.25) is 0 Å². The summed E-state index contributed by atoms with van der Waals surface area (Å²) < 4.78 is 0.988. The fraction of sp³-hybridized carbons (Fsp3) is 0.333. The van der Waals surface area contributed by atoms with Crippen molar-refractivity contribution in [3.05, 3.63) is 45.7 Å². The van der Waals surface area contributed by atoms with Gasteiger partial charge in [-0.25, -0.2) is 0 Å². The number of aromatic nitrogens is 2. The first kappa shape index (κ1) is 15.6. The molecule has 1 heterocycles. The summed E-state index contributed by atoms with van der Waals surface area (Å²) in [6, 6.07) is 7.85. The van der Waals surface area contributed by atoms with E-state index in [1.54, 1.807) is 11.9 Å². The number of nitrogens with one attached hydrogen (secondary N) is 1. The molecule has 0 saturated carbocycles. The van der Waals surface area contributed by atoms with Crippen molar-refractivity contribution in [3.8, 4) is 0 Å². The lowest BCUT2D eigenvalue weighted by Crippen LogP contribution is -2.27. The van der Waals surface area contributed by atoms with Crippen LogP contribution in [0.2, 0.25) is 0 Å². The molecule has 21 heavy (non-hydrogen) atoms. The molecule has 0 saturated heterocycles. The molecule has 5 nitrogen and oxygen atoms in total. The number of nitrogens with zero attached hydrogens (tertiary/aromatic N) is 2. The first-order valence-corrected chi connectivity index (χ1v) is 7.53. The number of amides is 1. The van der Waals surface area contributed by atoms with Crippen molar-refractivity contribution in [1.29, 1.82) is 0 Å². The molecule has 2 rings (SSSR count). The fourth-order valence-electron chi connectivity index (χ4n) is 2.13. The van der Waals surface area contributed by atoms with Gasteiger partial charge < -0.3 is 10.6 Å². The third-order valence-electron chi connectivity index (χ3n) is 3.27. The zero-order chi connectivity index (χ0) is 15.6. The predicted octanol–water partition coefficient (Wildman–Crippen LogP) is 3.15. The zero-order valence-corrected chi connectivity index (χ0v) is 13.9. The highest BCUT2D eigenvalue weighted by atomic mass is 79.9. The number of carbonyl (C=O) groups excluding carboxylic acids is 1. The van der Waals surface area contributed by atoms with Crippen LogP contribution in [0.3, 0.4) is 0 Å². The van der Waals surface area contributed by atoms with Gasteiger partial charge in [-0.15, -0.1) is 0 Å². The molecular weight excluding hydrogens is 332 g/mol. The molecule has 1 aromatic heterocycles. The topological polar surface area (TPSA) is 75.0 Å². The molecular formula is C15H19BrN4O. The number of benzene rings is 1. The quantitative estimate of drug-likeness (QED) is 0.889. The van der Waals surface area contributed by atoms with Crippen LogP contribution < -0.4 is 5.73 Å². The van der Waals surface area contributed by atoms with E-state index in [2.05, 4.69) is 26.1 Å². The van der Waals surface area contributed by atoms with Gasteiger partial charge in [-0.2, -0.15) is 5.10 Å². The summed E-state index contributed by atoms with van der Waals surface area (Å²) in [5, 5.41) is 6.92. The van der Waals surface area contributed by atoms with Crippen molar-refractivity contribution in [1.82, 2.24) is 15.1 Å². The number of aromatic amines is 1. The van der Waals surface area contributed by atoms with Crippen molar-refractivity contribution in [2.75, 3.05) is 12.8 Å². The van der Waals surface area contributed by atoms with Crippen LogP contribution in [0.25, 0.3) is 0 Å². The minimum Gasteiger partial charge on any atom is -0.395 e. The molecule has 0 radical (unpaired) electrons. The van der Waals surface area contributed by atoms with Crippen LogP contribution >= 0.6 is 15.9 Å². The Hall–Kier alpha value is -1.82. The molecule has 2 aromatic rings. The highest BCUT2D eigenvalue weighted by Gasteiger charge is 2.21. The monoisotopic (exact) mass is 350 g/mol. The van der Waals surface area contributed by atoms with Crippen molar-refractivity contribution >= 4 is 27.5 Å². The molecule has 1 amide bonds. The minimum atomic E-state index is -0.185. The molecule has 112 valence electrons. The van der Waals surface area contributed by atoms with Gasteiger partial charge in [0.25, 0.3) is 5.91 Å². The van der Waals surface area contributed by atoms with Crippen LogP contribution in [-0.2, 0) is 6.54 Å². The van der Waals surface area contributed by atoms with Gasteiger partial charge in [0.15, 0.2) is 5.69 Å². The lowest BCUT2D eigenvalue weighted by atomic mass is 10.1. The molecule has 0 unspecified atom stereocenters. The second-order valence-electron chi connectivity index (χ2n) is 5.35. The fourth-order valence-corrected chi connectivity index (χ4v) is 2.58. The molecule has 0 fully saturated rings. The number of halogens is 1. The largest absolute Gasteiger partial charge is 0.395 e. The number of rotatable bonds is 4. The van der Waals surface area contributed by atoms with E-state index >= 15 is 0 Å². The summed E-state index contributed by atoms with van der Waals surface area (Å²) in [4.78, 5) is 14.1. The van der Waals surface area contributed by atoms with Gasteiger partial charge in [-0.3, -0.25) is 9.89 Å². The number of carbonyl (C=O) groups is 1. The van der Waals surface area contributed by atoms with E-state index in [0.29, 0.717) is 12.2 Å². The Morgan fingerprint density at radius 1 is 1.48 bits per heavy atom. The van der Waals surface area contributed by atoms with Crippen LogP contribution in [0.1, 0.15) is 41.5 Å². The Kier molecular flexibility index (Phi) is 4.67. The number of nitrogens with two attached hydrogens (primary N) is 1. The maximum Gasteiger partial charge on any atom is 0.276 e. The summed E-state index contributed by atoms with van der Waals surface area (Å²) in [6.45, 7) is 4.51. The summed E-state index contributed by atoms with van der Waals surface area (Å²) in [5.74, 6) is 0.0186. The Morgan fingerprint density at radius 2 is 2.19 bits per heavy atom. The number of hydrogen-bond acceptors (Lipinski definition) is 3. The van der Waals surface area contributed by atoms with E-state index in [4.69, 9.17) is 5.73 Å². The Morgan fingerprint density at radius 3 is 2.76 bits per heavy atom. The molecule has 0 bridgehead atoms. The van der Waals surface area contributed by atoms with Crippen molar-refractivity contribution < 1.29 is 4.79 Å². The lowest BCUT2D eigenvalue weighted by Gasteiger charge is -2.16. The maximum absolute atomic E-state index is 12.4. The number of H-pyrrole nitrogens is 1. The average molecular weight is 351 g/mol. The molecule has 6 heteroatoms. The van der Waals surface area contributed by atoms with E-state index in [1.165, 1.54) is 0 Å². The van der Waals surface area contributed by atoms with Gasteiger partial charge in [0, 0.05) is 18.1 Å². The normalized spacial score (nSPS) is 10.9. The highest BCUT2D eigenvalue weighted by Crippen LogP contribution is 2.23. The Balaban J connectivity index is 2.16. The number of anilines is 1. The van der Waals surface area contributed by atoms with Gasteiger partial charge >= 0.3 is 0 Å². The standard InChI is InChI=1S/C15H19BrN4O/c1-9(2)13-12(17)14(19-18-13)15(21)20(3)8-10-5-4-6-11(16)7-10/h4-7,9H,8,17H2,1-3H3,(H,18,19). The van der Waals surface area contributed by atoms with E-state index < -0.39 is 0 Å². The van der Waals surface area contributed by atoms with Crippen LogP contribution in [0, 0.1) is 0 Å². The minimum absolute atomic E-state index is 0.185. The van der Waals surface area contributed by atoms with E-state index in [1.807, 2.05) is 38.1 Å². The average Bonchev–Trinajstić information content (AvgIpc) is 2.79. The van der Waals surface area contributed by atoms with Crippen molar-refractivity contribution in [2.24, 2.45) is 0 Å². The molecule has 1 aromatic carbocycles. The zero-order valence-electron chi connectivity index (χ0n) is 12.4. The highest BCUT2D eigenvalue weighted by molar-refractivity contribution is 9.10. The Labute approximate surface area is 132 Å². The van der Waals surface area contributed by atoms with Crippen LogP contribution in [0.4, 0.5) is 5.69 Å². The second kappa shape index (κ2) is 6.30. The van der Waals surface area contributed by atoms with Gasteiger partial charge in [0.1, 0.15) is 0 Å². The predicted molar refractivity (Wildman–Crippen MR) is 87.0 cm³/mol. The van der Waals surface area contributed by atoms with E-state index in [-0.39, 0.29) is 17.5 Å². The lowest BCUT2D eigenvalue weighted by molar-refractivity contribution is 0.0780. The van der Waals surface area contributed by atoms with Crippen LogP contribution in [0.15, 0.2) is 28.7 Å². The maximum atomic E-state index is 12.4. The summed E-state index contributed by atoms with van der Waals surface area (Å²) in [5.41, 5.74) is 8.58. The van der Waals surface area contributed by atoms with Gasteiger partial charge in [0.05, 0.1) is 11.4 Å². The smallest absolute Gasteiger partial charge is 0.276 e. The SMILES string of the molecule is CC(C)c1[nH]nc(C(=O)N(C)Cc2cccc(Br)c2)c1N. The van der Waals surface area contributed by atoms with E-state index in [9.17, 15) is 4.79 Å². The molecule has 0 aliphatic carbocycles. The second-order valence-corrected chi connectivity index (χ2v) is 6.26. The van der Waals surface area contributed by atoms with Gasteiger partial charge in [-0.05, 0) is 23.6 Å². The summed E-state index contributed by atoms with van der Waals surface area (Å²) >= 11 is 3.42. The first-order valence-electron chi connectivity index (χ1n) is 6.73. The van der Waals surface area contributed by atoms with Crippen LogP contribution in [0.5, 0.6) is 0 Å². The van der Waals surface area contributed by atoms with Crippen molar-refractivity contribution in [3.63, 3.8) is 0 Å². The Bertz CT molecular complexity index is 651. The first-order chi connectivity index (χ1) is 9.90. The van der Waals surface area contributed by atoms with E-state index in [0.717, 1.165) is 15.7 Å². The third-order valence-corrected chi connectivity index (χ3v) is 3.76. The molecule has 0 atom stereocenters. The molecule has 0 spiro atoms. The summed E-state index contributed by atoms with van der Waals surface area (Å²) in [7, 11) is 1.74. The van der Waals surface area contributed by atoms with Gasteiger partial charge in [-0.1, -0.05) is 41.9 Å². The molecule has 0 aliphatic rings. The van der Waals surface area contributed by atoms with Crippen molar-refractivity contribution in [2.45, 2.75) is 26.3 Å². The molecule has 0 aliphatic heterocycles. The number of hydrogen-bond donors (Lipinski definition) is 2. The third kappa shape index (κ3) is 3.44. The van der Waals surface area contributed by atoms with Crippen LogP contribution in [-0.4, -0.2) is 28.1 Å².